The van der Waals surface area contributed by atoms with Crippen LogP contribution >= 0.6 is 11.6 Å². The monoisotopic (exact) mass is 293 g/mol. The molecule has 2 aromatic rings. The summed E-state index contributed by atoms with van der Waals surface area (Å²) in [5.74, 6) is 0.0437. The Morgan fingerprint density at radius 3 is 2.75 bits per heavy atom. The van der Waals surface area contributed by atoms with Gasteiger partial charge in [-0.3, -0.25) is 4.79 Å². The number of ketones is 1. The zero-order valence-electron chi connectivity index (χ0n) is 10.9. The molecule has 0 aliphatic rings. The molecule has 0 saturated carbocycles. The second-order valence-electron chi connectivity index (χ2n) is 4.34. The molecule has 0 aliphatic heterocycles. The topological polar surface area (TPSA) is 39.2 Å². The average molecular weight is 294 g/mol. The highest BCUT2D eigenvalue weighted by Gasteiger charge is 2.09. The van der Waals surface area contributed by atoms with Crippen LogP contribution < -0.4 is 4.74 Å². The lowest BCUT2D eigenvalue weighted by Crippen LogP contribution is -2.07. The zero-order valence-corrected chi connectivity index (χ0v) is 11.7. The maximum Gasteiger partial charge on any atom is 0.212 e. The number of pyridine rings is 1. The van der Waals surface area contributed by atoms with Crippen LogP contribution in [-0.4, -0.2) is 17.9 Å². The highest BCUT2D eigenvalue weighted by Crippen LogP contribution is 2.18. The quantitative estimate of drug-likeness (QED) is 0.849. The molecule has 0 amide bonds. The molecule has 0 radical (unpaired) electrons. The van der Waals surface area contributed by atoms with E-state index in [1.807, 2.05) is 0 Å². The van der Waals surface area contributed by atoms with E-state index in [1.165, 1.54) is 25.3 Å². The standard InChI is InChI=1S/C15H13ClFNO2/c1-20-15-5-2-10(9-18-15)6-13(19)8-11-7-12(17)3-4-14(11)16/h2-5,7,9H,6,8H2,1H3. The van der Waals surface area contributed by atoms with Crippen LogP contribution in [-0.2, 0) is 17.6 Å². The molecule has 1 heterocycles. The third-order valence-electron chi connectivity index (χ3n) is 2.80. The lowest BCUT2D eigenvalue weighted by molar-refractivity contribution is -0.117. The predicted octanol–water partition coefficient (Wildman–Crippen LogP) is 3.24. The highest BCUT2D eigenvalue weighted by molar-refractivity contribution is 6.31. The van der Waals surface area contributed by atoms with Gasteiger partial charge in [0.05, 0.1) is 7.11 Å². The van der Waals surface area contributed by atoms with Crippen molar-refractivity contribution in [3.63, 3.8) is 0 Å². The third kappa shape index (κ3) is 3.78. The van der Waals surface area contributed by atoms with Crippen LogP contribution in [0.4, 0.5) is 4.39 Å². The molecular formula is C15H13ClFNO2. The Kier molecular flexibility index (Phi) is 4.69. The van der Waals surface area contributed by atoms with E-state index in [2.05, 4.69) is 4.98 Å². The normalized spacial score (nSPS) is 10.3. The lowest BCUT2D eigenvalue weighted by Gasteiger charge is -2.05. The van der Waals surface area contributed by atoms with Gasteiger partial charge in [0.15, 0.2) is 0 Å². The van der Waals surface area contributed by atoms with E-state index in [0.717, 1.165) is 5.56 Å². The van der Waals surface area contributed by atoms with E-state index < -0.39 is 5.82 Å². The Labute approximate surface area is 121 Å². The number of carbonyl (C=O) groups excluding carboxylic acids is 1. The van der Waals surface area contributed by atoms with E-state index >= 15 is 0 Å². The number of aromatic nitrogens is 1. The summed E-state index contributed by atoms with van der Waals surface area (Å²) in [7, 11) is 1.53. The summed E-state index contributed by atoms with van der Waals surface area (Å²) in [4.78, 5) is 16.0. The highest BCUT2D eigenvalue weighted by atomic mass is 35.5. The molecule has 20 heavy (non-hydrogen) atoms. The van der Waals surface area contributed by atoms with E-state index in [9.17, 15) is 9.18 Å². The summed E-state index contributed by atoms with van der Waals surface area (Å²) in [6, 6.07) is 7.47. The summed E-state index contributed by atoms with van der Waals surface area (Å²) in [6.07, 6.45) is 1.91. The molecule has 0 spiro atoms. The number of methoxy groups -OCH3 is 1. The predicted molar refractivity (Wildman–Crippen MR) is 74.6 cm³/mol. The van der Waals surface area contributed by atoms with Crippen LogP contribution in [0.5, 0.6) is 5.88 Å². The fourth-order valence-electron chi connectivity index (χ4n) is 1.82. The van der Waals surface area contributed by atoms with Crippen molar-refractivity contribution in [3.8, 4) is 5.88 Å². The van der Waals surface area contributed by atoms with E-state index in [0.29, 0.717) is 16.5 Å². The second kappa shape index (κ2) is 6.48. The van der Waals surface area contributed by atoms with E-state index in [4.69, 9.17) is 16.3 Å². The van der Waals surface area contributed by atoms with E-state index in [1.54, 1.807) is 18.3 Å². The van der Waals surface area contributed by atoms with Crippen molar-refractivity contribution < 1.29 is 13.9 Å². The summed E-state index contributed by atoms with van der Waals surface area (Å²) < 4.78 is 18.1. The fourth-order valence-corrected chi connectivity index (χ4v) is 2.00. The molecule has 0 fully saturated rings. The molecule has 0 saturated heterocycles. The molecular weight excluding hydrogens is 281 g/mol. The summed E-state index contributed by atoms with van der Waals surface area (Å²) >= 11 is 5.94. The molecule has 104 valence electrons. The molecule has 1 aromatic carbocycles. The smallest absolute Gasteiger partial charge is 0.212 e. The number of rotatable bonds is 5. The van der Waals surface area contributed by atoms with Gasteiger partial charge in [-0.2, -0.15) is 0 Å². The minimum Gasteiger partial charge on any atom is -0.481 e. The molecule has 2 rings (SSSR count). The van der Waals surface area contributed by atoms with Gasteiger partial charge in [0.2, 0.25) is 5.88 Å². The first kappa shape index (κ1) is 14.5. The first-order valence-corrected chi connectivity index (χ1v) is 6.41. The van der Waals surface area contributed by atoms with Gasteiger partial charge in [-0.25, -0.2) is 9.37 Å². The molecule has 0 unspecified atom stereocenters. The van der Waals surface area contributed by atoms with Crippen molar-refractivity contribution >= 4 is 17.4 Å². The van der Waals surface area contributed by atoms with Crippen LogP contribution in [0.15, 0.2) is 36.5 Å². The summed E-state index contributed by atoms with van der Waals surface area (Å²) in [6.45, 7) is 0. The molecule has 3 nitrogen and oxygen atoms in total. The van der Waals surface area contributed by atoms with Crippen molar-refractivity contribution in [2.75, 3.05) is 7.11 Å². The lowest BCUT2D eigenvalue weighted by atomic mass is 10.0. The molecule has 1 aromatic heterocycles. The summed E-state index contributed by atoms with van der Waals surface area (Å²) in [5, 5.41) is 0.396. The van der Waals surface area contributed by atoms with Gasteiger partial charge >= 0.3 is 0 Å². The largest absolute Gasteiger partial charge is 0.481 e. The molecule has 0 atom stereocenters. The van der Waals surface area contributed by atoms with Gasteiger partial charge in [-0.05, 0) is 29.3 Å². The minimum absolute atomic E-state index is 0.0514. The molecule has 0 N–H and O–H groups in total. The third-order valence-corrected chi connectivity index (χ3v) is 3.17. The maximum absolute atomic E-state index is 13.1. The van der Waals surface area contributed by atoms with Crippen molar-refractivity contribution in [2.45, 2.75) is 12.8 Å². The first-order valence-electron chi connectivity index (χ1n) is 6.03. The maximum atomic E-state index is 13.1. The van der Waals surface area contributed by atoms with Gasteiger partial charge in [0.1, 0.15) is 11.6 Å². The second-order valence-corrected chi connectivity index (χ2v) is 4.74. The van der Waals surface area contributed by atoms with Gasteiger partial charge < -0.3 is 4.74 Å². The van der Waals surface area contributed by atoms with E-state index in [-0.39, 0.29) is 18.6 Å². The number of carbonyl (C=O) groups is 1. The number of nitrogens with zero attached hydrogens (tertiary/aromatic N) is 1. The first-order chi connectivity index (χ1) is 9.58. The number of Topliss-reactive ketones (excluding diaryl/α,β-unsaturated/α-hetero) is 1. The molecule has 5 heteroatoms. The van der Waals surface area contributed by atoms with Crippen LogP contribution in [0.2, 0.25) is 5.02 Å². The van der Waals surface area contributed by atoms with Crippen LogP contribution in [0.3, 0.4) is 0 Å². The van der Waals surface area contributed by atoms with Crippen LogP contribution in [0, 0.1) is 5.82 Å². The average Bonchev–Trinajstić information content (AvgIpc) is 2.43. The Hall–Kier alpha value is -1.94. The van der Waals surface area contributed by atoms with Crippen molar-refractivity contribution in [1.29, 1.82) is 0 Å². The number of hydrogen-bond acceptors (Lipinski definition) is 3. The van der Waals surface area contributed by atoms with Gasteiger partial charge in [-0.15, -0.1) is 0 Å². The summed E-state index contributed by atoms with van der Waals surface area (Å²) in [5.41, 5.74) is 1.28. The SMILES string of the molecule is COc1ccc(CC(=O)Cc2cc(F)ccc2Cl)cn1. The Morgan fingerprint density at radius 2 is 2.10 bits per heavy atom. The number of hydrogen-bond donors (Lipinski definition) is 0. The minimum atomic E-state index is -0.400. The number of halogens is 2. The molecule has 0 bridgehead atoms. The number of benzene rings is 1. The van der Waals surface area contributed by atoms with Crippen molar-refractivity contribution in [2.24, 2.45) is 0 Å². The van der Waals surface area contributed by atoms with Gasteiger partial charge in [-0.1, -0.05) is 17.7 Å². The Bertz CT molecular complexity index is 614. The van der Waals surface area contributed by atoms with Crippen molar-refractivity contribution in [3.05, 3.63) is 58.5 Å². The van der Waals surface area contributed by atoms with Crippen molar-refractivity contribution in [1.82, 2.24) is 4.98 Å². The Balaban J connectivity index is 2.03. The van der Waals surface area contributed by atoms with Crippen LogP contribution in [0.1, 0.15) is 11.1 Å². The van der Waals surface area contributed by atoms with Crippen LogP contribution in [0.25, 0.3) is 0 Å². The van der Waals surface area contributed by atoms with Gasteiger partial charge in [0, 0.05) is 30.1 Å². The Morgan fingerprint density at radius 1 is 1.30 bits per heavy atom. The zero-order chi connectivity index (χ0) is 14.5. The van der Waals surface area contributed by atoms with Gasteiger partial charge in [0.25, 0.3) is 0 Å². The molecule has 0 aliphatic carbocycles. The fraction of sp³-hybridized carbons (Fsp3) is 0.200. The number of ether oxygens (including phenoxy) is 1.